The van der Waals surface area contributed by atoms with E-state index in [2.05, 4.69) is 157 Å². The maximum absolute atomic E-state index is 2.53. The summed E-state index contributed by atoms with van der Waals surface area (Å²) in [6, 6.07) is 54.6. The average Bonchev–Trinajstić information content (AvgIpc) is 3.55. The van der Waals surface area contributed by atoms with Gasteiger partial charge in [-0.2, -0.15) is 0 Å². The fraction of sp³-hybridized carbons (Fsp3) is 0.0476. The second-order valence-electron chi connectivity index (χ2n) is 12.2. The Morgan fingerprint density at radius 3 is 1.93 bits per heavy atom. The lowest BCUT2D eigenvalue weighted by Gasteiger charge is -2.39. The molecule has 1 aromatic heterocycles. The maximum Gasteiger partial charge on any atom is 0.0736 e. The fourth-order valence-corrected chi connectivity index (χ4v) is 9.32. The molecule has 7 aromatic carbocycles. The third kappa shape index (κ3) is 3.01. The van der Waals surface area contributed by atoms with Gasteiger partial charge >= 0.3 is 0 Å². The molecule has 8 aromatic rings. The molecule has 1 spiro atoms. The molecule has 2 heterocycles. The SMILES string of the molecule is Cc1ccc(-n2c3cc4c(cc3c3c5ccccc5ccc32)Sc2ccccc2C42c3ccccc3-c3ccccc32)cc1. The van der Waals surface area contributed by atoms with E-state index in [1.54, 1.807) is 0 Å². The lowest BCUT2D eigenvalue weighted by Crippen LogP contribution is -2.32. The number of aryl methyl sites for hydroxylation is 1. The Morgan fingerprint density at radius 2 is 1.16 bits per heavy atom. The zero-order chi connectivity index (χ0) is 29.0. The summed E-state index contributed by atoms with van der Waals surface area (Å²) in [6.45, 7) is 2.16. The highest BCUT2D eigenvalue weighted by Gasteiger charge is 2.50. The number of fused-ring (bicyclic) bond motifs is 14. The molecule has 0 radical (unpaired) electrons. The zero-order valence-electron chi connectivity index (χ0n) is 24.2. The Balaban J connectivity index is 1.42. The molecular weight excluding hydrogens is 551 g/mol. The zero-order valence-corrected chi connectivity index (χ0v) is 25.0. The van der Waals surface area contributed by atoms with Crippen LogP contribution in [0, 0.1) is 6.92 Å². The monoisotopic (exact) mass is 577 g/mol. The van der Waals surface area contributed by atoms with E-state index in [-0.39, 0.29) is 0 Å². The second kappa shape index (κ2) is 8.75. The van der Waals surface area contributed by atoms with Gasteiger partial charge in [0.2, 0.25) is 0 Å². The van der Waals surface area contributed by atoms with Crippen molar-refractivity contribution in [3.63, 3.8) is 0 Å². The number of benzene rings is 7. The van der Waals surface area contributed by atoms with Gasteiger partial charge in [0.15, 0.2) is 0 Å². The van der Waals surface area contributed by atoms with Crippen LogP contribution in [0.15, 0.2) is 155 Å². The summed E-state index contributed by atoms with van der Waals surface area (Å²) in [5, 5.41) is 5.20. The minimum atomic E-state index is -0.394. The molecule has 0 saturated heterocycles. The third-order valence-corrected chi connectivity index (χ3v) is 11.0. The van der Waals surface area contributed by atoms with Crippen molar-refractivity contribution in [1.82, 2.24) is 4.57 Å². The van der Waals surface area contributed by atoms with E-state index in [1.807, 2.05) is 11.8 Å². The highest BCUT2D eigenvalue weighted by atomic mass is 32.2. The third-order valence-electron chi connectivity index (χ3n) is 9.92. The summed E-state index contributed by atoms with van der Waals surface area (Å²) < 4.78 is 2.49. The number of aromatic nitrogens is 1. The van der Waals surface area contributed by atoms with E-state index in [4.69, 9.17) is 0 Å². The maximum atomic E-state index is 2.53. The number of nitrogens with zero attached hydrogens (tertiary/aromatic N) is 1. The largest absolute Gasteiger partial charge is 0.309 e. The standard InChI is InChI=1S/C42H27NS/c1-26-18-21-28(22-19-26)43-37-23-20-27-10-2-3-11-29(27)41(37)32-24-40-36(25-38(32)43)42(35-16-8-9-17-39(35)44-40)33-14-6-4-12-30(33)31-13-5-7-15-34(31)42/h2-25H,1H3. The highest BCUT2D eigenvalue weighted by Crippen LogP contribution is 2.62. The van der Waals surface area contributed by atoms with E-state index < -0.39 is 5.41 Å². The van der Waals surface area contributed by atoms with Crippen molar-refractivity contribution >= 4 is 44.3 Å². The van der Waals surface area contributed by atoms with Crippen LogP contribution in [-0.2, 0) is 5.41 Å². The van der Waals surface area contributed by atoms with E-state index >= 15 is 0 Å². The van der Waals surface area contributed by atoms with Crippen LogP contribution in [0.1, 0.15) is 27.8 Å². The first-order valence-electron chi connectivity index (χ1n) is 15.3. The second-order valence-corrected chi connectivity index (χ2v) is 13.2. The molecule has 0 unspecified atom stereocenters. The van der Waals surface area contributed by atoms with Crippen molar-refractivity contribution < 1.29 is 0 Å². The Hall–Kier alpha value is -5.05. The lowest BCUT2D eigenvalue weighted by atomic mass is 9.67. The Labute approximate surface area is 260 Å². The highest BCUT2D eigenvalue weighted by molar-refractivity contribution is 7.99. The van der Waals surface area contributed by atoms with Gasteiger partial charge in [0.05, 0.1) is 16.4 Å². The van der Waals surface area contributed by atoms with Crippen LogP contribution >= 0.6 is 11.8 Å². The van der Waals surface area contributed by atoms with Crippen molar-refractivity contribution in [1.29, 1.82) is 0 Å². The summed E-state index contributed by atoms with van der Waals surface area (Å²) in [6.07, 6.45) is 0. The van der Waals surface area contributed by atoms with Crippen molar-refractivity contribution in [3.05, 3.63) is 173 Å². The summed E-state index contributed by atoms with van der Waals surface area (Å²) in [4.78, 5) is 2.66. The topological polar surface area (TPSA) is 4.93 Å². The van der Waals surface area contributed by atoms with Gasteiger partial charge in [-0.25, -0.2) is 0 Å². The molecule has 1 aliphatic carbocycles. The van der Waals surface area contributed by atoms with Gasteiger partial charge in [-0.1, -0.05) is 127 Å². The first-order valence-corrected chi connectivity index (χ1v) is 16.1. The Kier molecular flexibility index (Phi) is 4.85. The molecule has 44 heavy (non-hydrogen) atoms. The normalized spacial score (nSPS) is 14.1. The molecule has 0 atom stereocenters. The van der Waals surface area contributed by atoms with Gasteiger partial charge in [-0.05, 0) is 87.5 Å². The van der Waals surface area contributed by atoms with Gasteiger partial charge in [0.1, 0.15) is 0 Å². The van der Waals surface area contributed by atoms with Crippen molar-refractivity contribution in [2.24, 2.45) is 0 Å². The fourth-order valence-electron chi connectivity index (χ4n) is 8.11. The van der Waals surface area contributed by atoms with Crippen LogP contribution < -0.4 is 0 Å². The quantitative estimate of drug-likeness (QED) is 0.188. The molecule has 0 N–H and O–H groups in total. The van der Waals surface area contributed by atoms with Crippen LogP contribution in [0.25, 0.3) is 49.4 Å². The molecule has 206 valence electrons. The first kappa shape index (κ1) is 24.4. The molecule has 2 aliphatic rings. The molecule has 10 rings (SSSR count). The smallest absolute Gasteiger partial charge is 0.0736 e. The van der Waals surface area contributed by atoms with Gasteiger partial charge in [-0.3, -0.25) is 0 Å². The van der Waals surface area contributed by atoms with E-state index in [9.17, 15) is 0 Å². The molecule has 2 heteroatoms. The number of hydrogen-bond donors (Lipinski definition) is 0. The number of rotatable bonds is 1. The average molecular weight is 578 g/mol. The van der Waals surface area contributed by atoms with Crippen LogP contribution in [0.3, 0.4) is 0 Å². The van der Waals surface area contributed by atoms with E-state index in [1.165, 1.54) is 87.0 Å². The molecule has 0 saturated carbocycles. The Bertz CT molecular complexity index is 2430. The van der Waals surface area contributed by atoms with Crippen LogP contribution in [0.2, 0.25) is 0 Å². The number of hydrogen-bond acceptors (Lipinski definition) is 1. The van der Waals surface area contributed by atoms with Gasteiger partial charge in [-0.15, -0.1) is 0 Å². The van der Waals surface area contributed by atoms with Gasteiger partial charge < -0.3 is 4.57 Å². The molecule has 0 fully saturated rings. The van der Waals surface area contributed by atoms with Gasteiger partial charge in [0, 0.05) is 26.3 Å². The van der Waals surface area contributed by atoms with E-state index in [0.717, 1.165) is 0 Å². The van der Waals surface area contributed by atoms with E-state index in [0.29, 0.717) is 0 Å². The predicted octanol–water partition coefficient (Wildman–Crippen LogP) is 11.1. The van der Waals surface area contributed by atoms with Crippen LogP contribution in [-0.4, -0.2) is 4.57 Å². The minimum Gasteiger partial charge on any atom is -0.309 e. The molecule has 1 aliphatic heterocycles. The summed E-state index contributed by atoms with van der Waals surface area (Å²) in [5.41, 5.74) is 12.7. The lowest BCUT2D eigenvalue weighted by molar-refractivity contribution is 0.724. The molecule has 0 bridgehead atoms. The van der Waals surface area contributed by atoms with Gasteiger partial charge in [0.25, 0.3) is 0 Å². The molecule has 1 nitrogen and oxygen atoms in total. The van der Waals surface area contributed by atoms with Crippen LogP contribution in [0.4, 0.5) is 0 Å². The summed E-state index contributed by atoms with van der Waals surface area (Å²) >= 11 is 1.92. The van der Waals surface area contributed by atoms with Crippen molar-refractivity contribution in [2.45, 2.75) is 22.1 Å². The first-order chi connectivity index (χ1) is 21.7. The molecular formula is C42H27NS. The summed E-state index contributed by atoms with van der Waals surface area (Å²) in [7, 11) is 0. The Morgan fingerprint density at radius 1 is 0.500 bits per heavy atom. The van der Waals surface area contributed by atoms with Crippen molar-refractivity contribution in [3.8, 4) is 16.8 Å². The molecule has 0 amide bonds. The minimum absolute atomic E-state index is 0.394. The van der Waals surface area contributed by atoms with Crippen LogP contribution in [0.5, 0.6) is 0 Å². The predicted molar refractivity (Wildman–Crippen MR) is 184 cm³/mol. The summed E-state index contributed by atoms with van der Waals surface area (Å²) in [5.74, 6) is 0. The van der Waals surface area contributed by atoms with Crippen molar-refractivity contribution in [2.75, 3.05) is 0 Å².